The molecule has 2 aromatic heterocycles. The van der Waals surface area contributed by atoms with Crippen molar-refractivity contribution in [1.82, 2.24) is 14.9 Å². The van der Waals surface area contributed by atoms with Crippen LogP contribution in [0.5, 0.6) is 11.5 Å². The highest BCUT2D eigenvalue weighted by atomic mass is 32.1. The molecule has 0 spiro atoms. The molecule has 0 unspecified atom stereocenters. The molecular formula is C17H17N3O4S. The van der Waals surface area contributed by atoms with E-state index in [4.69, 9.17) is 9.47 Å². The van der Waals surface area contributed by atoms with Crippen molar-refractivity contribution in [3.8, 4) is 11.5 Å². The van der Waals surface area contributed by atoms with Gasteiger partial charge in [-0.05, 0) is 29.6 Å². The molecule has 0 bridgehead atoms. The number of aromatic nitrogens is 2. The molecule has 0 fully saturated rings. The van der Waals surface area contributed by atoms with Gasteiger partial charge < -0.3 is 19.4 Å². The summed E-state index contributed by atoms with van der Waals surface area (Å²) in [5.41, 5.74) is 0.807. The van der Waals surface area contributed by atoms with Crippen LogP contribution in [0.2, 0.25) is 0 Å². The van der Waals surface area contributed by atoms with Gasteiger partial charge in [-0.1, -0.05) is 0 Å². The highest BCUT2D eigenvalue weighted by Gasteiger charge is 2.19. The second kappa shape index (κ2) is 6.94. The molecule has 0 aliphatic heterocycles. The Bertz CT molecular complexity index is 979. The highest BCUT2D eigenvalue weighted by Crippen LogP contribution is 2.25. The van der Waals surface area contributed by atoms with Crippen molar-refractivity contribution in [3.05, 3.63) is 51.4 Å². The maximum atomic E-state index is 12.8. The van der Waals surface area contributed by atoms with Crippen LogP contribution in [0.1, 0.15) is 16.2 Å². The first-order chi connectivity index (χ1) is 12.0. The predicted octanol–water partition coefficient (Wildman–Crippen LogP) is 2.27. The summed E-state index contributed by atoms with van der Waals surface area (Å²) in [5.74, 6) is 1.17. The molecule has 1 N–H and O–H groups in total. The smallest absolute Gasteiger partial charge is 0.268 e. The van der Waals surface area contributed by atoms with Crippen LogP contribution in [0.3, 0.4) is 0 Å². The number of nitrogens with one attached hydrogen (secondary N) is 1. The van der Waals surface area contributed by atoms with Gasteiger partial charge in [0, 0.05) is 7.05 Å². The number of rotatable bonds is 5. The Balaban J connectivity index is 1.88. The lowest BCUT2D eigenvalue weighted by Crippen LogP contribution is -2.28. The number of fused-ring (bicyclic) bond motifs is 1. The summed E-state index contributed by atoms with van der Waals surface area (Å²) in [6, 6.07) is 6.80. The molecule has 7 nitrogen and oxygen atoms in total. The zero-order valence-corrected chi connectivity index (χ0v) is 14.8. The van der Waals surface area contributed by atoms with E-state index in [1.54, 1.807) is 31.3 Å². The van der Waals surface area contributed by atoms with Gasteiger partial charge in [0.15, 0.2) is 0 Å². The molecule has 25 heavy (non-hydrogen) atoms. The molecule has 8 heteroatoms. The maximum Gasteiger partial charge on any atom is 0.268 e. The van der Waals surface area contributed by atoms with Gasteiger partial charge in [-0.3, -0.25) is 9.59 Å². The van der Waals surface area contributed by atoms with Crippen molar-refractivity contribution in [2.45, 2.75) is 6.54 Å². The number of hydrogen-bond acceptors (Lipinski definition) is 6. The zero-order chi connectivity index (χ0) is 18.0. The van der Waals surface area contributed by atoms with Gasteiger partial charge in [-0.2, -0.15) is 0 Å². The van der Waals surface area contributed by atoms with Crippen molar-refractivity contribution in [2.24, 2.45) is 0 Å². The first-order valence-corrected chi connectivity index (χ1v) is 8.35. The lowest BCUT2D eigenvalue weighted by Gasteiger charge is -2.18. The summed E-state index contributed by atoms with van der Waals surface area (Å²) in [6.45, 7) is 0.167. The Morgan fingerprint density at radius 3 is 2.80 bits per heavy atom. The number of amides is 1. The van der Waals surface area contributed by atoms with Crippen LogP contribution in [0.25, 0.3) is 10.2 Å². The van der Waals surface area contributed by atoms with Gasteiger partial charge in [0.1, 0.15) is 22.0 Å². The van der Waals surface area contributed by atoms with Crippen molar-refractivity contribution in [3.63, 3.8) is 0 Å². The quantitative estimate of drug-likeness (QED) is 0.755. The van der Waals surface area contributed by atoms with Crippen LogP contribution in [0.4, 0.5) is 0 Å². The summed E-state index contributed by atoms with van der Waals surface area (Å²) in [4.78, 5) is 33.4. The van der Waals surface area contributed by atoms with E-state index in [1.165, 1.54) is 30.5 Å². The first-order valence-electron chi connectivity index (χ1n) is 7.47. The van der Waals surface area contributed by atoms with Crippen molar-refractivity contribution in [2.75, 3.05) is 21.3 Å². The fraction of sp³-hybridized carbons (Fsp3) is 0.235. The maximum absolute atomic E-state index is 12.8. The summed E-state index contributed by atoms with van der Waals surface area (Å²) < 4.78 is 11.0. The fourth-order valence-corrected chi connectivity index (χ4v) is 3.21. The van der Waals surface area contributed by atoms with Gasteiger partial charge >= 0.3 is 0 Å². The molecule has 1 aromatic carbocycles. The summed E-state index contributed by atoms with van der Waals surface area (Å²) in [6.07, 6.45) is 0. The summed E-state index contributed by atoms with van der Waals surface area (Å²) >= 11 is 1.34. The van der Waals surface area contributed by atoms with Crippen LogP contribution in [0, 0.1) is 0 Å². The van der Waals surface area contributed by atoms with Gasteiger partial charge in [0.05, 0.1) is 31.8 Å². The molecule has 0 atom stereocenters. The number of methoxy groups -OCH3 is 2. The molecule has 130 valence electrons. The van der Waals surface area contributed by atoms with Crippen LogP contribution in [0.15, 0.2) is 34.4 Å². The number of carbonyl (C=O) groups excluding carboxylic acids is 1. The highest BCUT2D eigenvalue weighted by molar-refractivity contribution is 7.17. The van der Waals surface area contributed by atoms with E-state index in [0.29, 0.717) is 33.1 Å². The van der Waals surface area contributed by atoms with Crippen LogP contribution >= 0.6 is 11.3 Å². The van der Waals surface area contributed by atoms with Crippen LogP contribution in [-0.4, -0.2) is 42.0 Å². The van der Waals surface area contributed by atoms with Crippen molar-refractivity contribution in [1.29, 1.82) is 0 Å². The average Bonchev–Trinajstić information content (AvgIpc) is 3.09. The average molecular weight is 359 g/mol. The molecule has 3 aromatic rings. The second-order valence-electron chi connectivity index (χ2n) is 5.38. The molecule has 0 aliphatic rings. The van der Waals surface area contributed by atoms with E-state index < -0.39 is 0 Å². The normalized spacial score (nSPS) is 10.7. The van der Waals surface area contributed by atoms with E-state index in [0.717, 1.165) is 0 Å². The zero-order valence-electron chi connectivity index (χ0n) is 14.0. The van der Waals surface area contributed by atoms with Crippen molar-refractivity contribution >= 4 is 27.5 Å². The number of nitrogens with zero attached hydrogens (tertiary/aromatic N) is 2. The minimum atomic E-state index is -0.260. The van der Waals surface area contributed by atoms with Crippen molar-refractivity contribution < 1.29 is 14.3 Å². The van der Waals surface area contributed by atoms with Gasteiger partial charge in [0.25, 0.3) is 11.5 Å². The standard InChI is InChI=1S/C17H17N3O4S/c1-20(9-14-18-12-6-7-25-15(12)16(21)19-14)17(22)11-8-10(23-2)4-5-13(11)24-3/h4-8H,9H2,1-3H3,(H,18,19,21). The Hall–Kier alpha value is -2.87. The monoisotopic (exact) mass is 359 g/mol. The van der Waals surface area contributed by atoms with E-state index in [9.17, 15) is 9.59 Å². The van der Waals surface area contributed by atoms with E-state index >= 15 is 0 Å². The SMILES string of the molecule is COc1ccc(OC)c(C(=O)N(C)Cc2nc3ccsc3c(=O)[nH]2)c1. The third kappa shape index (κ3) is 3.34. The molecule has 0 saturated carbocycles. The first kappa shape index (κ1) is 17.0. The summed E-state index contributed by atoms with van der Waals surface area (Å²) in [7, 11) is 4.67. The molecule has 0 aliphatic carbocycles. The largest absolute Gasteiger partial charge is 0.497 e. The number of carbonyl (C=O) groups is 1. The Morgan fingerprint density at radius 2 is 2.08 bits per heavy atom. The van der Waals surface area contributed by atoms with Gasteiger partial charge in [0.2, 0.25) is 0 Å². The molecule has 0 saturated heterocycles. The minimum Gasteiger partial charge on any atom is -0.497 e. The van der Waals surface area contributed by atoms with Crippen LogP contribution in [-0.2, 0) is 6.54 Å². The van der Waals surface area contributed by atoms with E-state index in [1.807, 2.05) is 5.38 Å². The third-order valence-electron chi connectivity index (χ3n) is 3.73. The van der Waals surface area contributed by atoms with Gasteiger partial charge in [-0.25, -0.2) is 4.98 Å². The molecular weight excluding hydrogens is 342 g/mol. The molecule has 1 amide bonds. The predicted molar refractivity (Wildman–Crippen MR) is 95.6 cm³/mol. The second-order valence-corrected chi connectivity index (χ2v) is 6.29. The third-order valence-corrected chi connectivity index (χ3v) is 4.64. The Morgan fingerprint density at radius 1 is 1.28 bits per heavy atom. The Labute approximate surface area is 147 Å². The van der Waals surface area contributed by atoms with Crippen LogP contribution < -0.4 is 15.0 Å². The molecule has 3 rings (SSSR count). The number of H-pyrrole nitrogens is 1. The van der Waals surface area contributed by atoms with E-state index in [2.05, 4.69) is 9.97 Å². The number of hydrogen-bond donors (Lipinski definition) is 1. The number of aromatic amines is 1. The summed E-state index contributed by atoms with van der Waals surface area (Å²) in [5, 5.41) is 1.81. The molecule has 2 heterocycles. The van der Waals surface area contributed by atoms with E-state index in [-0.39, 0.29) is 18.0 Å². The lowest BCUT2D eigenvalue weighted by molar-refractivity contribution is 0.0777. The minimum absolute atomic E-state index is 0.167. The topological polar surface area (TPSA) is 84.5 Å². The Kier molecular flexibility index (Phi) is 4.71. The molecule has 0 radical (unpaired) electrons. The number of ether oxygens (including phenoxy) is 2. The fourth-order valence-electron chi connectivity index (χ4n) is 2.48. The van der Waals surface area contributed by atoms with Gasteiger partial charge in [-0.15, -0.1) is 11.3 Å². The number of thiophene rings is 1. The lowest BCUT2D eigenvalue weighted by atomic mass is 10.1. The number of benzene rings is 1.